The first-order valence-electron chi connectivity index (χ1n) is 14.0. The van der Waals surface area contributed by atoms with E-state index in [0.29, 0.717) is 22.9 Å². The normalized spacial score (nSPS) is 11.8. The molecular weight excluding hydrogens is 640 g/mol. The Balaban J connectivity index is 1.81. The van der Waals surface area contributed by atoms with Gasteiger partial charge in [0.05, 0.1) is 17.7 Å². The number of nitrogens with one attached hydrogen (secondary N) is 1. The van der Waals surface area contributed by atoms with Crippen molar-refractivity contribution in [1.82, 2.24) is 10.2 Å². The largest absolute Gasteiger partial charge is 0.497 e. The summed E-state index contributed by atoms with van der Waals surface area (Å²) in [4.78, 5) is 29.1. The molecule has 0 saturated carbocycles. The van der Waals surface area contributed by atoms with E-state index in [9.17, 15) is 22.4 Å². The van der Waals surface area contributed by atoms with Gasteiger partial charge >= 0.3 is 0 Å². The second-order valence-electron chi connectivity index (χ2n) is 10.0. The van der Waals surface area contributed by atoms with Gasteiger partial charge in [-0.1, -0.05) is 59.6 Å². The van der Waals surface area contributed by atoms with Crippen LogP contribution in [0.5, 0.6) is 5.75 Å². The topological polar surface area (TPSA) is 96.0 Å². The van der Waals surface area contributed by atoms with Crippen molar-refractivity contribution in [2.75, 3.05) is 24.5 Å². The minimum atomic E-state index is -4.36. The Morgan fingerprint density at radius 3 is 2.20 bits per heavy atom. The number of halogens is 3. The van der Waals surface area contributed by atoms with Crippen LogP contribution in [-0.4, -0.2) is 51.4 Å². The zero-order chi connectivity index (χ0) is 32.6. The van der Waals surface area contributed by atoms with E-state index in [-0.39, 0.29) is 28.6 Å². The van der Waals surface area contributed by atoms with E-state index in [2.05, 4.69) is 5.32 Å². The number of carbonyl (C=O) groups excluding carboxylic acids is 2. The molecule has 0 aliphatic rings. The fourth-order valence-electron chi connectivity index (χ4n) is 4.69. The van der Waals surface area contributed by atoms with Gasteiger partial charge in [0.25, 0.3) is 10.0 Å². The molecule has 0 saturated heterocycles. The molecule has 0 aromatic heterocycles. The highest BCUT2D eigenvalue weighted by Crippen LogP contribution is 2.28. The Bertz CT molecular complexity index is 1720. The van der Waals surface area contributed by atoms with E-state index in [0.717, 1.165) is 22.0 Å². The van der Waals surface area contributed by atoms with Gasteiger partial charge in [0.2, 0.25) is 11.8 Å². The Kier molecular flexibility index (Phi) is 11.4. The summed E-state index contributed by atoms with van der Waals surface area (Å²) in [5.41, 5.74) is 1.35. The molecule has 0 fully saturated rings. The fraction of sp³-hybridized carbons (Fsp3) is 0.212. The summed E-state index contributed by atoms with van der Waals surface area (Å²) in [5.74, 6) is -1.25. The molecule has 4 aromatic rings. The number of amides is 2. The third-order valence-electron chi connectivity index (χ3n) is 7.02. The molecule has 12 heteroatoms. The Hall–Kier alpha value is -4.12. The predicted octanol–water partition coefficient (Wildman–Crippen LogP) is 6.11. The minimum absolute atomic E-state index is 0.0580. The van der Waals surface area contributed by atoms with E-state index in [4.69, 9.17) is 27.9 Å². The standard InChI is InChI=1S/C33H32Cl2FN3O5S/c1-3-37-33(41)31(19-23-7-5-4-6-8-23)38(21-24-9-10-25(34)20-30(24)35)32(40)22-39(27-13-11-26(36)12-14-27)45(42,43)29-17-15-28(44-2)16-18-29/h4-18,20,31H,3,19,21-22H2,1-2H3,(H,37,41)/t31-/m1/s1. The van der Waals surface area contributed by atoms with Crippen LogP contribution in [0.1, 0.15) is 18.1 Å². The van der Waals surface area contributed by atoms with Crippen LogP contribution in [0.2, 0.25) is 10.0 Å². The molecule has 0 spiro atoms. The lowest BCUT2D eigenvalue weighted by Crippen LogP contribution is -2.53. The Labute approximate surface area is 272 Å². The zero-order valence-electron chi connectivity index (χ0n) is 24.6. The van der Waals surface area contributed by atoms with Crippen LogP contribution >= 0.6 is 23.2 Å². The quantitative estimate of drug-likeness (QED) is 0.185. The molecular formula is C33H32Cl2FN3O5S. The molecule has 45 heavy (non-hydrogen) atoms. The van der Waals surface area contributed by atoms with Gasteiger partial charge in [0.1, 0.15) is 24.2 Å². The first kappa shape index (κ1) is 33.8. The molecule has 0 heterocycles. The number of carbonyl (C=O) groups is 2. The Morgan fingerprint density at radius 2 is 1.60 bits per heavy atom. The maximum Gasteiger partial charge on any atom is 0.264 e. The molecule has 0 bridgehead atoms. The number of likely N-dealkylation sites (N-methyl/N-ethyl adjacent to an activating group) is 1. The van der Waals surface area contributed by atoms with Gasteiger partial charge in [-0.2, -0.15) is 0 Å². The van der Waals surface area contributed by atoms with Gasteiger partial charge in [-0.25, -0.2) is 12.8 Å². The van der Waals surface area contributed by atoms with Crippen molar-refractivity contribution in [3.8, 4) is 5.75 Å². The maximum atomic E-state index is 14.4. The maximum absolute atomic E-state index is 14.4. The van der Waals surface area contributed by atoms with Crippen LogP contribution in [0, 0.1) is 5.82 Å². The summed E-state index contributed by atoms with van der Waals surface area (Å²) in [6.07, 6.45) is 0.144. The molecule has 0 unspecified atom stereocenters. The van der Waals surface area contributed by atoms with Gasteiger partial charge in [-0.05, 0) is 78.7 Å². The number of nitrogens with zero attached hydrogens (tertiary/aromatic N) is 2. The van der Waals surface area contributed by atoms with E-state index in [1.165, 1.54) is 54.5 Å². The highest BCUT2D eigenvalue weighted by atomic mass is 35.5. The van der Waals surface area contributed by atoms with Crippen molar-refractivity contribution in [3.05, 3.63) is 124 Å². The highest BCUT2D eigenvalue weighted by molar-refractivity contribution is 7.92. The number of sulfonamides is 1. The summed E-state index contributed by atoms with van der Waals surface area (Å²) in [6, 6.07) is 23.3. The van der Waals surface area contributed by atoms with Crippen molar-refractivity contribution in [1.29, 1.82) is 0 Å². The van der Waals surface area contributed by atoms with Gasteiger partial charge in [-0.3, -0.25) is 13.9 Å². The van der Waals surface area contributed by atoms with Crippen molar-refractivity contribution in [2.24, 2.45) is 0 Å². The fourth-order valence-corrected chi connectivity index (χ4v) is 6.57. The summed E-state index contributed by atoms with van der Waals surface area (Å²) in [6.45, 7) is 1.25. The van der Waals surface area contributed by atoms with Crippen LogP contribution in [0.3, 0.4) is 0 Å². The molecule has 4 rings (SSSR count). The van der Waals surface area contributed by atoms with Crippen molar-refractivity contribution >= 4 is 50.7 Å². The van der Waals surface area contributed by atoms with Gasteiger partial charge in [0, 0.05) is 29.6 Å². The monoisotopic (exact) mass is 671 g/mol. The van der Waals surface area contributed by atoms with Crippen molar-refractivity contribution < 1.29 is 27.1 Å². The van der Waals surface area contributed by atoms with Crippen LogP contribution in [-0.2, 0) is 32.6 Å². The number of ether oxygens (including phenoxy) is 1. The lowest BCUT2D eigenvalue weighted by Gasteiger charge is -2.34. The van der Waals surface area contributed by atoms with E-state index in [1.54, 1.807) is 19.1 Å². The molecule has 0 aliphatic heterocycles. The van der Waals surface area contributed by atoms with E-state index in [1.807, 2.05) is 30.3 Å². The number of benzene rings is 4. The molecule has 2 amide bonds. The number of anilines is 1. The SMILES string of the molecule is CCNC(=O)[C@@H](Cc1ccccc1)N(Cc1ccc(Cl)cc1Cl)C(=O)CN(c1ccc(F)cc1)S(=O)(=O)c1ccc(OC)cc1. The first-order valence-corrected chi connectivity index (χ1v) is 16.2. The summed E-state index contributed by atoms with van der Waals surface area (Å²) < 4.78 is 48.0. The third-order valence-corrected chi connectivity index (χ3v) is 9.39. The lowest BCUT2D eigenvalue weighted by molar-refractivity contribution is -0.140. The Morgan fingerprint density at radius 1 is 0.933 bits per heavy atom. The highest BCUT2D eigenvalue weighted by Gasteiger charge is 2.35. The second kappa shape index (κ2) is 15.2. The zero-order valence-corrected chi connectivity index (χ0v) is 26.9. The van der Waals surface area contributed by atoms with E-state index < -0.39 is 40.2 Å². The number of hydrogen-bond acceptors (Lipinski definition) is 5. The smallest absolute Gasteiger partial charge is 0.264 e. The third kappa shape index (κ3) is 8.54. The average molecular weight is 673 g/mol. The molecule has 236 valence electrons. The predicted molar refractivity (Wildman–Crippen MR) is 174 cm³/mol. The number of methoxy groups -OCH3 is 1. The van der Waals surface area contributed by atoms with Crippen LogP contribution in [0.15, 0.2) is 102 Å². The molecule has 1 N–H and O–H groups in total. The molecule has 1 atom stereocenters. The number of rotatable bonds is 13. The van der Waals surface area contributed by atoms with Gasteiger partial charge < -0.3 is 15.0 Å². The second-order valence-corrected chi connectivity index (χ2v) is 12.7. The minimum Gasteiger partial charge on any atom is -0.497 e. The number of hydrogen-bond donors (Lipinski definition) is 1. The van der Waals surface area contributed by atoms with Gasteiger partial charge in [-0.15, -0.1) is 0 Å². The molecule has 0 radical (unpaired) electrons. The van der Waals surface area contributed by atoms with Crippen LogP contribution in [0.4, 0.5) is 10.1 Å². The first-order chi connectivity index (χ1) is 21.5. The van der Waals surface area contributed by atoms with Crippen LogP contribution < -0.4 is 14.4 Å². The summed E-state index contributed by atoms with van der Waals surface area (Å²) in [7, 11) is -2.91. The lowest BCUT2D eigenvalue weighted by atomic mass is 10.0. The average Bonchev–Trinajstić information content (AvgIpc) is 3.03. The molecule has 0 aliphatic carbocycles. The van der Waals surface area contributed by atoms with E-state index >= 15 is 0 Å². The molecule has 4 aromatic carbocycles. The summed E-state index contributed by atoms with van der Waals surface area (Å²) in [5, 5.41) is 3.46. The summed E-state index contributed by atoms with van der Waals surface area (Å²) >= 11 is 12.6. The molecule has 8 nitrogen and oxygen atoms in total. The van der Waals surface area contributed by atoms with Gasteiger partial charge in [0.15, 0.2) is 0 Å². The van der Waals surface area contributed by atoms with Crippen LogP contribution in [0.25, 0.3) is 0 Å². The van der Waals surface area contributed by atoms with Crippen molar-refractivity contribution in [2.45, 2.75) is 30.8 Å². The van der Waals surface area contributed by atoms with Crippen molar-refractivity contribution in [3.63, 3.8) is 0 Å².